The molecule has 0 fully saturated rings. The van der Waals surface area contributed by atoms with Crippen LogP contribution < -0.4 is 0 Å². The van der Waals surface area contributed by atoms with Crippen molar-refractivity contribution in [2.75, 3.05) is 26.4 Å². The van der Waals surface area contributed by atoms with Gasteiger partial charge in [0.25, 0.3) is 0 Å². The van der Waals surface area contributed by atoms with Crippen LogP contribution in [0.2, 0.25) is 0 Å². The molecule has 1 N–H and O–H groups in total. The van der Waals surface area contributed by atoms with Crippen LogP contribution in [0.5, 0.6) is 0 Å². The Hall–Kier alpha value is -1.40. The largest absolute Gasteiger partial charge is 0.463 e. The molecule has 0 rings (SSSR count). The van der Waals surface area contributed by atoms with Gasteiger partial charge < -0.3 is 19.3 Å². The molecule has 6 heteroatoms. The lowest BCUT2D eigenvalue weighted by Gasteiger charge is -2.40. The Morgan fingerprint density at radius 2 is 1.62 bits per heavy atom. The lowest BCUT2D eigenvalue weighted by atomic mass is 9.64. The van der Waals surface area contributed by atoms with E-state index in [1.54, 1.807) is 0 Å². The highest BCUT2D eigenvalue weighted by molar-refractivity contribution is 5.86. The lowest BCUT2D eigenvalue weighted by molar-refractivity contribution is -0.165. The zero-order valence-corrected chi connectivity index (χ0v) is 17.4. The van der Waals surface area contributed by atoms with E-state index >= 15 is 0 Å². The Morgan fingerprint density at radius 1 is 1.04 bits per heavy atom. The average molecular weight is 373 g/mol. The van der Waals surface area contributed by atoms with E-state index in [0.717, 1.165) is 6.42 Å². The van der Waals surface area contributed by atoms with E-state index < -0.39 is 17.5 Å². The summed E-state index contributed by atoms with van der Waals surface area (Å²) in [5, 5.41) is 9.68. The van der Waals surface area contributed by atoms with Crippen LogP contribution in [0.15, 0.2) is 12.2 Å². The molecule has 0 bridgehead atoms. The number of aliphatic hydroxyl groups is 1. The van der Waals surface area contributed by atoms with Gasteiger partial charge in [-0.05, 0) is 31.6 Å². The molecule has 0 spiro atoms. The summed E-state index contributed by atoms with van der Waals surface area (Å²) in [6.45, 7) is 17.3. The quantitative estimate of drug-likeness (QED) is 0.341. The lowest BCUT2D eigenvalue weighted by Crippen LogP contribution is -2.43. The predicted molar refractivity (Wildman–Crippen MR) is 101 cm³/mol. The maximum absolute atomic E-state index is 12.6. The molecule has 2 atom stereocenters. The predicted octanol–water partition coefficient (Wildman–Crippen LogP) is 3.12. The highest BCUT2D eigenvalue weighted by atomic mass is 16.6. The molecule has 6 nitrogen and oxygen atoms in total. The van der Waals surface area contributed by atoms with Crippen LogP contribution >= 0.6 is 0 Å². The van der Waals surface area contributed by atoms with Crippen LogP contribution in [0.25, 0.3) is 0 Å². The standard InChI is InChI=1S/C20H36O6/c1-14(2)11-20(8,19(5,6)7)18(23)25-10-9-24-12-16(21)13-26-17(22)15(3)4/h14,16,21H,3,9-13H2,1-2,4-8H3. The van der Waals surface area contributed by atoms with E-state index in [-0.39, 0.29) is 43.4 Å². The molecular weight excluding hydrogens is 336 g/mol. The van der Waals surface area contributed by atoms with Crippen molar-refractivity contribution >= 4 is 11.9 Å². The number of esters is 2. The van der Waals surface area contributed by atoms with E-state index in [9.17, 15) is 14.7 Å². The highest BCUT2D eigenvalue weighted by Crippen LogP contribution is 2.44. The summed E-state index contributed by atoms with van der Waals surface area (Å²) in [5.74, 6) is -0.414. The number of aliphatic hydroxyl groups excluding tert-OH is 1. The molecule has 0 saturated carbocycles. The van der Waals surface area contributed by atoms with E-state index in [4.69, 9.17) is 14.2 Å². The van der Waals surface area contributed by atoms with Crippen LogP contribution in [0.3, 0.4) is 0 Å². The minimum Gasteiger partial charge on any atom is -0.463 e. The molecule has 0 radical (unpaired) electrons. The van der Waals surface area contributed by atoms with Crippen molar-refractivity contribution in [3.05, 3.63) is 12.2 Å². The molecule has 152 valence electrons. The first-order chi connectivity index (χ1) is 11.8. The number of hydrogen-bond donors (Lipinski definition) is 1. The molecule has 0 saturated heterocycles. The number of carbonyl (C=O) groups excluding carboxylic acids is 2. The minimum atomic E-state index is -0.935. The van der Waals surface area contributed by atoms with Crippen LogP contribution in [-0.2, 0) is 23.8 Å². The second kappa shape index (κ2) is 10.7. The van der Waals surface area contributed by atoms with Crippen molar-refractivity contribution in [3.63, 3.8) is 0 Å². The Morgan fingerprint density at radius 3 is 2.08 bits per heavy atom. The summed E-state index contributed by atoms with van der Waals surface area (Å²) < 4.78 is 15.5. The molecule has 0 aliphatic carbocycles. The van der Waals surface area contributed by atoms with Gasteiger partial charge in [0.05, 0.1) is 18.6 Å². The van der Waals surface area contributed by atoms with E-state index in [1.807, 2.05) is 27.7 Å². The zero-order chi connectivity index (χ0) is 20.5. The fraction of sp³-hybridized carbons (Fsp3) is 0.800. The van der Waals surface area contributed by atoms with Crippen LogP contribution in [-0.4, -0.2) is 49.6 Å². The highest BCUT2D eigenvalue weighted by Gasteiger charge is 2.45. The van der Waals surface area contributed by atoms with Crippen molar-refractivity contribution < 1.29 is 28.9 Å². The number of hydrogen-bond acceptors (Lipinski definition) is 6. The van der Waals surface area contributed by atoms with Gasteiger partial charge in [-0.25, -0.2) is 4.79 Å². The van der Waals surface area contributed by atoms with Crippen molar-refractivity contribution in [1.29, 1.82) is 0 Å². The van der Waals surface area contributed by atoms with Crippen molar-refractivity contribution in [3.8, 4) is 0 Å². The molecule has 26 heavy (non-hydrogen) atoms. The Labute approximate surface area is 157 Å². The molecule has 0 aliphatic heterocycles. The van der Waals surface area contributed by atoms with Crippen molar-refractivity contribution in [1.82, 2.24) is 0 Å². The fourth-order valence-electron chi connectivity index (χ4n) is 2.43. The number of carbonyl (C=O) groups is 2. The molecule has 0 heterocycles. The van der Waals surface area contributed by atoms with E-state index in [0.29, 0.717) is 5.92 Å². The van der Waals surface area contributed by atoms with E-state index in [1.165, 1.54) is 6.92 Å². The van der Waals surface area contributed by atoms with Crippen LogP contribution in [0.1, 0.15) is 54.9 Å². The Balaban J connectivity index is 4.24. The monoisotopic (exact) mass is 372 g/mol. The van der Waals surface area contributed by atoms with Gasteiger partial charge in [0, 0.05) is 5.57 Å². The Kier molecular flexibility index (Phi) is 10.1. The second-order valence-electron chi connectivity index (χ2n) is 8.42. The second-order valence-corrected chi connectivity index (χ2v) is 8.42. The first kappa shape index (κ1) is 24.6. The number of rotatable bonds is 11. The number of ether oxygens (including phenoxy) is 3. The SMILES string of the molecule is C=C(C)C(=O)OCC(O)COCCOC(=O)C(C)(CC(C)C)C(C)(C)C. The van der Waals surface area contributed by atoms with Crippen LogP contribution in [0, 0.1) is 16.7 Å². The molecule has 2 unspecified atom stereocenters. The smallest absolute Gasteiger partial charge is 0.333 e. The zero-order valence-electron chi connectivity index (χ0n) is 17.4. The van der Waals surface area contributed by atoms with Gasteiger partial charge in [0.2, 0.25) is 0 Å². The molecular formula is C20H36O6. The third-order valence-corrected chi connectivity index (χ3v) is 4.45. The molecule has 0 aliphatic rings. The summed E-state index contributed by atoms with van der Waals surface area (Å²) >= 11 is 0. The van der Waals surface area contributed by atoms with E-state index in [2.05, 4.69) is 20.4 Å². The summed E-state index contributed by atoms with van der Waals surface area (Å²) in [5.41, 5.74) is -0.538. The van der Waals surface area contributed by atoms with Gasteiger partial charge in [-0.3, -0.25) is 4.79 Å². The molecule has 0 amide bonds. The van der Waals surface area contributed by atoms with Gasteiger partial charge in [-0.15, -0.1) is 0 Å². The summed E-state index contributed by atoms with van der Waals surface area (Å²) in [6, 6.07) is 0. The summed E-state index contributed by atoms with van der Waals surface area (Å²) in [4.78, 5) is 23.8. The normalized spacial score (nSPS) is 15.3. The fourth-order valence-corrected chi connectivity index (χ4v) is 2.43. The Bertz CT molecular complexity index is 477. The average Bonchev–Trinajstić information content (AvgIpc) is 2.49. The summed E-state index contributed by atoms with van der Waals surface area (Å²) in [6.07, 6.45) is -0.196. The van der Waals surface area contributed by atoms with Gasteiger partial charge in [0.1, 0.15) is 19.3 Å². The topological polar surface area (TPSA) is 82.1 Å². The first-order valence-corrected chi connectivity index (χ1v) is 9.07. The van der Waals surface area contributed by atoms with Crippen molar-refractivity contribution in [2.24, 2.45) is 16.7 Å². The molecule has 0 aromatic heterocycles. The first-order valence-electron chi connectivity index (χ1n) is 9.07. The van der Waals surface area contributed by atoms with Gasteiger partial charge in [-0.1, -0.05) is 41.2 Å². The van der Waals surface area contributed by atoms with Gasteiger partial charge in [0.15, 0.2) is 0 Å². The maximum atomic E-state index is 12.6. The molecule has 0 aromatic rings. The molecule has 0 aromatic carbocycles. The van der Waals surface area contributed by atoms with Crippen LogP contribution in [0.4, 0.5) is 0 Å². The van der Waals surface area contributed by atoms with Crippen molar-refractivity contribution in [2.45, 2.75) is 61.0 Å². The van der Waals surface area contributed by atoms with Gasteiger partial charge >= 0.3 is 11.9 Å². The maximum Gasteiger partial charge on any atom is 0.333 e. The minimum absolute atomic E-state index is 0.0104. The third kappa shape index (κ3) is 8.32. The van der Waals surface area contributed by atoms with Gasteiger partial charge in [-0.2, -0.15) is 0 Å². The third-order valence-electron chi connectivity index (χ3n) is 4.45. The summed E-state index contributed by atoms with van der Waals surface area (Å²) in [7, 11) is 0.